The summed E-state index contributed by atoms with van der Waals surface area (Å²) in [7, 11) is 1.54. The van der Waals surface area contributed by atoms with Crippen LogP contribution in [0.25, 0.3) is 0 Å². The first-order valence-electron chi connectivity index (χ1n) is 12.3. The molecule has 0 aliphatic rings. The summed E-state index contributed by atoms with van der Waals surface area (Å²) in [5.74, 6) is -0.596. The number of anilines is 2. The Morgan fingerprint density at radius 3 is 2.23 bits per heavy atom. The minimum absolute atomic E-state index is 0.102. The van der Waals surface area contributed by atoms with Gasteiger partial charge < -0.3 is 25.8 Å². The van der Waals surface area contributed by atoms with Crippen LogP contribution in [0.4, 0.5) is 11.4 Å². The molecule has 0 aromatic heterocycles. The molecule has 8 nitrogen and oxygen atoms in total. The molecule has 0 bridgehead atoms. The smallest absolute Gasteiger partial charge is 0.255 e. The Hall–Kier alpha value is -5.11. The number of amides is 3. The molecule has 4 aromatic rings. The Bertz CT molecular complexity index is 1470. The Balaban J connectivity index is 1.55. The van der Waals surface area contributed by atoms with Gasteiger partial charge in [-0.25, -0.2) is 0 Å². The third-order valence-electron chi connectivity index (χ3n) is 6.06. The van der Waals surface area contributed by atoms with Crippen molar-refractivity contribution in [2.75, 3.05) is 17.7 Å². The van der Waals surface area contributed by atoms with Crippen LogP contribution in [0.2, 0.25) is 0 Å². The van der Waals surface area contributed by atoms with Gasteiger partial charge in [-0.05, 0) is 78.7 Å². The SMILES string of the molecule is COc1ccc(C(=O)Nc2ccccc2C(=O)N[C@H](Cc2ccc(O)cc2)C(=O)Nc2cccc(C)c2)cc1. The lowest BCUT2D eigenvalue weighted by atomic mass is 10.0. The van der Waals surface area contributed by atoms with Gasteiger partial charge in [0.05, 0.1) is 18.4 Å². The molecule has 4 aromatic carbocycles. The highest BCUT2D eigenvalue weighted by molar-refractivity contribution is 6.10. The lowest BCUT2D eigenvalue weighted by Crippen LogP contribution is -2.45. The van der Waals surface area contributed by atoms with Crippen molar-refractivity contribution in [1.82, 2.24) is 5.32 Å². The second-order valence-corrected chi connectivity index (χ2v) is 8.98. The van der Waals surface area contributed by atoms with E-state index in [-0.39, 0.29) is 17.7 Å². The number of aryl methyl sites for hydroxylation is 1. The largest absolute Gasteiger partial charge is 0.508 e. The van der Waals surface area contributed by atoms with Crippen molar-refractivity contribution in [3.63, 3.8) is 0 Å². The summed E-state index contributed by atoms with van der Waals surface area (Å²) in [5, 5.41) is 18.1. The maximum absolute atomic E-state index is 13.4. The van der Waals surface area contributed by atoms with E-state index in [0.29, 0.717) is 22.7 Å². The number of hydrogen-bond donors (Lipinski definition) is 4. The van der Waals surface area contributed by atoms with Gasteiger partial charge in [-0.1, -0.05) is 36.4 Å². The quantitative estimate of drug-likeness (QED) is 0.248. The van der Waals surface area contributed by atoms with E-state index in [4.69, 9.17) is 4.74 Å². The normalized spacial score (nSPS) is 11.2. The first kappa shape index (κ1) is 26.9. The van der Waals surface area contributed by atoms with E-state index >= 15 is 0 Å². The van der Waals surface area contributed by atoms with Crippen molar-refractivity contribution < 1.29 is 24.2 Å². The Labute approximate surface area is 226 Å². The second kappa shape index (κ2) is 12.4. The zero-order chi connectivity index (χ0) is 27.8. The number of ether oxygens (including phenoxy) is 1. The maximum Gasteiger partial charge on any atom is 0.255 e. The fourth-order valence-corrected chi connectivity index (χ4v) is 3.99. The summed E-state index contributed by atoms with van der Waals surface area (Å²) in [6, 6.07) is 26.0. The van der Waals surface area contributed by atoms with Crippen molar-refractivity contribution in [3.8, 4) is 11.5 Å². The van der Waals surface area contributed by atoms with E-state index in [9.17, 15) is 19.5 Å². The van der Waals surface area contributed by atoms with Crippen LogP contribution < -0.4 is 20.7 Å². The van der Waals surface area contributed by atoms with Crippen LogP contribution in [0.1, 0.15) is 31.8 Å². The Morgan fingerprint density at radius 1 is 0.821 bits per heavy atom. The molecule has 0 aliphatic carbocycles. The van der Waals surface area contributed by atoms with E-state index in [0.717, 1.165) is 11.1 Å². The molecule has 4 rings (SSSR count). The molecule has 0 heterocycles. The van der Waals surface area contributed by atoms with Gasteiger partial charge in [0.1, 0.15) is 17.5 Å². The van der Waals surface area contributed by atoms with Crippen LogP contribution in [-0.4, -0.2) is 36.0 Å². The predicted octanol–water partition coefficient (Wildman–Crippen LogP) is 4.94. The zero-order valence-corrected chi connectivity index (χ0v) is 21.6. The number of benzene rings is 4. The summed E-state index contributed by atoms with van der Waals surface area (Å²) in [6.07, 6.45) is 0.185. The highest BCUT2D eigenvalue weighted by atomic mass is 16.5. The number of carbonyl (C=O) groups is 3. The molecule has 0 radical (unpaired) electrons. The van der Waals surface area contributed by atoms with Crippen LogP contribution in [0.5, 0.6) is 11.5 Å². The molecular formula is C31H29N3O5. The topological polar surface area (TPSA) is 117 Å². The summed E-state index contributed by atoms with van der Waals surface area (Å²) in [4.78, 5) is 39.6. The molecule has 0 saturated carbocycles. The molecule has 0 fully saturated rings. The Kier molecular flexibility index (Phi) is 8.58. The fourth-order valence-electron chi connectivity index (χ4n) is 3.99. The van der Waals surface area contributed by atoms with Crippen LogP contribution in [0, 0.1) is 6.92 Å². The highest BCUT2D eigenvalue weighted by Crippen LogP contribution is 2.19. The summed E-state index contributed by atoms with van der Waals surface area (Å²) >= 11 is 0. The van der Waals surface area contributed by atoms with Crippen LogP contribution >= 0.6 is 0 Å². The Morgan fingerprint density at radius 2 is 1.54 bits per heavy atom. The lowest BCUT2D eigenvalue weighted by Gasteiger charge is -2.20. The molecule has 4 N–H and O–H groups in total. The third-order valence-corrected chi connectivity index (χ3v) is 6.06. The van der Waals surface area contributed by atoms with Gasteiger partial charge in [0.15, 0.2) is 0 Å². The summed E-state index contributed by atoms with van der Waals surface area (Å²) in [5.41, 5.74) is 3.25. The zero-order valence-electron chi connectivity index (χ0n) is 21.6. The number of carbonyl (C=O) groups excluding carboxylic acids is 3. The average molecular weight is 524 g/mol. The molecule has 3 amide bonds. The van der Waals surface area contributed by atoms with E-state index in [2.05, 4.69) is 16.0 Å². The second-order valence-electron chi connectivity index (χ2n) is 8.98. The molecule has 198 valence electrons. The first-order valence-corrected chi connectivity index (χ1v) is 12.3. The van der Waals surface area contributed by atoms with E-state index in [1.807, 2.05) is 25.1 Å². The number of nitrogens with one attached hydrogen (secondary N) is 3. The lowest BCUT2D eigenvalue weighted by molar-refractivity contribution is -0.118. The molecule has 0 unspecified atom stereocenters. The number of methoxy groups -OCH3 is 1. The number of phenolic OH excluding ortho intramolecular Hbond substituents is 1. The summed E-state index contributed by atoms with van der Waals surface area (Å²) in [6.45, 7) is 1.92. The average Bonchev–Trinajstić information content (AvgIpc) is 2.94. The first-order chi connectivity index (χ1) is 18.8. The molecule has 39 heavy (non-hydrogen) atoms. The van der Waals surface area contributed by atoms with Gasteiger partial charge in [0.25, 0.3) is 11.8 Å². The predicted molar refractivity (Wildman–Crippen MR) is 150 cm³/mol. The van der Waals surface area contributed by atoms with Crippen LogP contribution in [0.15, 0.2) is 97.1 Å². The number of hydrogen-bond acceptors (Lipinski definition) is 5. The van der Waals surface area contributed by atoms with Crippen LogP contribution in [0.3, 0.4) is 0 Å². The van der Waals surface area contributed by atoms with Gasteiger partial charge in [0.2, 0.25) is 5.91 Å². The minimum atomic E-state index is -0.937. The molecule has 8 heteroatoms. The molecule has 1 atom stereocenters. The van der Waals surface area contributed by atoms with Crippen LogP contribution in [-0.2, 0) is 11.2 Å². The highest BCUT2D eigenvalue weighted by Gasteiger charge is 2.24. The van der Waals surface area contributed by atoms with E-state index < -0.39 is 23.8 Å². The summed E-state index contributed by atoms with van der Waals surface area (Å²) < 4.78 is 5.14. The monoisotopic (exact) mass is 523 g/mol. The minimum Gasteiger partial charge on any atom is -0.508 e. The van der Waals surface area contributed by atoms with Crippen molar-refractivity contribution in [2.24, 2.45) is 0 Å². The number of rotatable bonds is 9. The number of aromatic hydroxyl groups is 1. The van der Waals surface area contributed by atoms with Crippen molar-refractivity contribution in [1.29, 1.82) is 0 Å². The van der Waals surface area contributed by atoms with Gasteiger partial charge in [0, 0.05) is 17.7 Å². The molecule has 0 saturated heterocycles. The standard InChI is InChI=1S/C31H29N3O5/c1-20-6-5-7-23(18-20)32-31(38)28(19-21-10-14-24(35)15-11-21)34-30(37)26-8-3-4-9-27(26)33-29(36)22-12-16-25(39-2)17-13-22/h3-18,28,35H,19H2,1-2H3,(H,32,38)(H,33,36)(H,34,37)/t28-/m1/s1. The van der Waals surface area contributed by atoms with Gasteiger partial charge in [-0.3, -0.25) is 14.4 Å². The van der Waals surface area contributed by atoms with Gasteiger partial charge in [-0.15, -0.1) is 0 Å². The van der Waals surface area contributed by atoms with Crippen molar-refractivity contribution >= 4 is 29.1 Å². The molecule has 0 aliphatic heterocycles. The fraction of sp³-hybridized carbons (Fsp3) is 0.129. The number of phenols is 1. The molecule has 0 spiro atoms. The van der Waals surface area contributed by atoms with Gasteiger partial charge >= 0.3 is 0 Å². The van der Waals surface area contributed by atoms with Crippen molar-refractivity contribution in [2.45, 2.75) is 19.4 Å². The van der Waals surface area contributed by atoms with Gasteiger partial charge in [-0.2, -0.15) is 0 Å². The third kappa shape index (κ3) is 7.23. The number of para-hydroxylation sites is 1. The maximum atomic E-state index is 13.4. The molecular weight excluding hydrogens is 494 g/mol. The van der Waals surface area contributed by atoms with E-state index in [1.54, 1.807) is 73.8 Å². The van der Waals surface area contributed by atoms with Crippen molar-refractivity contribution in [3.05, 3.63) is 119 Å². The van der Waals surface area contributed by atoms with E-state index in [1.165, 1.54) is 12.1 Å².